The molecular formula is C29H22FN3O4. The number of ether oxygens (including phenoxy) is 2. The highest BCUT2D eigenvalue weighted by Crippen LogP contribution is 2.29. The topological polar surface area (TPSA) is 94.2 Å². The summed E-state index contributed by atoms with van der Waals surface area (Å²) in [5, 5.41) is 0. The van der Waals surface area contributed by atoms with E-state index in [1.165, 1.54) is 30.5 Å². The summed E-state index contributed by atoms with van der Waals surface area (Å²) in [6.07, 6.45) is 3.10. The molecule has 0 spiro atoms. The van der Waals surface area contributed by atoms with Crippen molar-refractivity contribution in [1.82, 2.24) is 15.0 Å². The normalized spacial score (nSPS) is 10.9. The van der Waals surface area contributed by atoms with Crippen LogP contribution in [-0.2, 0) is 6.42 Å². The molecule has 0 bridgehead atoms. The number of aryl methyl sites for hydroxylation is 1. The summed E-state index contributed by atoms with van der Waals surface area (Å²) in [6.45, 7) is 1.74. The molecule has 0 atom stereocenters. The summed E-state index contributed by atoms with van der Waals surface area (Å²) in [7, 11) is 1.54. The highest BCUT2D eigenvalue weighted by Gasteiger charge is 2.17. The van der Waals surface area contributed by atoms with Gasteiger partial charge in [0.1, 0.15) is 17.1 Å². The molecule has 7 nitrogen and oxygen atoms in total. The largest absolute Gasteiger partial charge is 0.481 e. The summed E-state index contributed by atoms with van der Waals surface area (Å²) < 4.78 is 24.6. The predicted molar refractivity (Wildman–Crippen MR) is 138 cm³/mol. The number of rotatable bonds is 7. The van der Waals surface area contributed by atoms with Gasteiger partial charge in [-0.25, -0.2) is 9.37 Å². The van der Waals surface area contributed by atoms with E-state index >= 15 is 0 Å². The Morgan fingerprint density at radius 3 is 2.49 bits per heavy atom. The molecule has 0 saturated heterocycles. The molecular weight excluding hydrogens is 473 g/mol. The Morgan fingerprint density at radius 1 is 1.00 bits per heavy atom. The number of nitrogens with zero attached hydrogens (tertiary/aromatic N) is 2. The molecule has 37 heavy (non-hydrogen) atoms. The van der Waals surface area contributed by atoms with E-state index in [-0.39, 0.29) is 23.2 Å². The van der Waals surface area contributed by atoms with E-state index in [1.54, 1.807) is 62.7 Å². The molecule has 184 valence electrons. The molecule has 0 amide bonds. The van der Waals surface area contributed by atoms with Crippen LogP contribution < -0.4 is 14.9 Å². The van der Waals surface area contributed by atoms with Gasteiger partial charge in [0, 0.05) is 42.2 Å². The minimum atomic E-state index is -0.398. The van der Waals surface area contributed by atoms with Gasteiger partial charge in [0.2, 0.25) is 5.88 Å². The van der Waals surface area contributed by atoms with Gasteiger partial charge in [0.05, 0.1) is 18.2 Å². The van der Waals surface area contributed by atoms with Crippen LogP contribution >= 0.6 is 0 Å². The van der Waals surface area contributed by atoms with Crippen LogP contribution in [0.3, 0.4) is 0 Å². The molecule has 3 heterocycles. The summed E-state index contributed by atoms with van der Waals surface area (Å²) in [6, 6.07) is 17.9. The fourth-order valence-corrected chi connectivity index (χ4v) is 4.06. The third-order valence-corrected chi connectivity index (χ3v) is 5.96. The van der Waals surface area contributed by atoms with Crippen LogP contribution in [0.4, 0.5) is 4.39 Å². The number of halogens is 1. The zero-order valence-corrected chi connectivity index (χ0v) is 20.1. The molecule has 2 aromatic carbocycles. The van der Waals surface area contributed by atoms with Crippen molar-refractivity contribution in [3.63, 3.8) is 0 Å². The van der Waals surface area contributed by atoms with Crippen LogP contribution in [0, 0.1) is 12.7 Å². The summed E-state index contributed by atoms with van der Waals surface area (Å²) in [5.41, 5.74) is 3.12. The monoisotopic (exact) mass is 495 g/mol. The Morgan fingerprint density at radius 2 is 1.76 bits per heavy atom. The van der Waals surface area contributed by atoms with Crippen molar-refractivity contribution in [2.75, 3.05) is 7.11 Å². The van der Waals surface area contributed by atoms with Crippen molar-refractivity contribution in [1.29, 1.82) is 0 Å². The fraction of sp³-hybridized carbons (Fsp3) is 0.103. The van der Waals surface area contributed by atoms with E-state index < -0.39 is 5.82 Å². The van der Waals surface area contributed by atoms with E-state index in [0.29, 0.717) is 45.2 Å². The number of aromatic nitrogens is 3. The van der Waals surface area contributed by atoms with Crippen molar-refractivity contribution in [2.45, 2.75) is 13.3 Å². The van der Waals surface area contributed by atoms with Crippen molar-refractivity contribution in [3.8, 4) is 28.5 Å². The summed E-state index contributed by atoms with van der Waals surface area (Å²) >= 11 is 0. The Bertz CT molecular complexity index is 1660. The number of Topliss-reactive ketones (excluding diaryl/α,β-unsaturated/α-hetero) is 1. The van der Waals surface area contributed by atoms with Crippen LogP contribution in [0.1, 0.15) is 21.6 Å². The van der Waals surface area contributed by atoms with Crippen LogP contribution in [0.15, 0.2) is 83.9 Å². The number of methoxy groups -OCH3 is 1. The van der Waals surface area contributed by atoms with Crippen LogP contribution in [0.25, 0.3) is 22.2 Å². The zero-order valence-electron chi connectivity index (χ0n) is 20.1. The van der Waals surface area contributed by atoms with Gasteiger partial charge >= 0.3 is 0 Å². The number of ketones is 1. The molecule has 0 unspecified atom stereocenters. The smallest absolute Gasteiger partial charge is 0.213 e. The molecule has 0 aliphatic carbocycles. The van der Waals surface area contributed by atoms with Crippen molar-refractivity contribution in [3.05, 3.63) is 112 Å². The second-order valence-electron chi connectivity index (χ2n) is 8.41. The second-order valence-corrected chi connectivity index (χ2v) is 8.41. The first-order valence-corrected chi connectivity index (χ1v) is 11.5. The average Bonchev–Trinajstić information content (AvgIpc) is 2.91. The molecule has 0 aliphatic heterocycles. The number of hydrogen-bond acceptors (Lipinski definition) is 6. The van der Waals surface area contributed by atoms with Crippen LogP contribution in [-0.4, -0.2) is 27.8 Å². The van der Waals surface area contributed by atoms with E-state index in [1.807, 2.05) is 0 Å². The number of fused-ring (bicyclic) bond motifs is 1. The summed E-state index contributed by atoms with van der Waals surface area (Å²) in [4.78, 5) is 37.9. The molecule has 8 heteroatoms. The Labute approximate surface area is 211 Å². The third kappa shape index (κ3) is 4.95. The minimum absolute atomic E-state index is 0.0339. The number of carbonyl (C=O) groups is 1. The fourth-order valence-electron chi connectivity index (χ4n) is 4.06. The minimum Gasteiger partial charge on any atom is -0.481 e. The first-order chi connectivity index (χ1) is 17.9. The van der Waals surface area contributed by atoms with Gasteiger partial charge in [-0.15, -0.1) is 0 Å². The van der Waals surface area contributed by atoms with E-state index in [2.05, 4.69) is 15.0 Å². The van der Waals surface area contributed by atoms with E-state index in [9.17, 15) is 14.0 Å². The second kappa shape index (κ2) is 10.0. The lowest BCUT2D eigenvalue weighted by molar-refractivity contribution is 0.0991. The number of benzene rings is 2. The number of hydrogen-bond donors (Lipinski definition) is 1. The van der Waals surface area contributed by atoms with Gasteiger partial charge in [-0.3, -0.25) is 14.6 Å². The van der Waals surface area contributed by atoms with Gasteiger partial charge in [0.25, 0.3) is 0 Å². The zero-order chi connectivity index (χ0) is 25.9. The highest BCUT2D eigenvalue weighted by molar-refractivity contribution is 5.98. The molecule has 0 aliphatic rings. The Balaban J connectivity index is 1.35. The maximum atomic E-state index is 13.3. The molecule has 0 radical (unpaired) electrons. The maximum absolute atomic E-state index is 13.3. The molecule has 5 aromatic rings. The number of H-pyrrole nitrogens is 1. The molecule has 5 rings (SSSR count). The average molecular weight is 496 g/mol. The first kappa shape index (κ1) is 23.9. The van der Waals surface area contributed by atoms with Crippen LogP contribution in [0.5, 0.6) is 17.4 Å². The van der Waals surface area contributed by atoms with Crippen molar-refractivity contribution in [2.24, 2.45) is 0 Å². The number of pyridine rings is 3. The van der Waals surface area contributed by atoms with Gasteiger partial charge in [-0.1, -0.05) is 24.3 Å². The highest BCUT2D eigenvalue weighted by atomic mass is 19.1. The number of aromatic amines is 1. The van der Waals surface area contributed by atoms with E-state index in [4.69, 9.17) is 9.47 Å². The lowest BCUT2D eigenvalue weighted by atomic mass is 9.98. The van der Waals surface area contributed by atoms with Gasteiger partial charge in [-0.05, 0) is 48.4 Å². The Kier molecular flexibility index (Phi) is 6.47. The number of nitrogens with one attached hydrogen (secondary N) is 1. The molecule has 0 saturated carbocycles. The molecule has 0 fully saturated rings. The quantitative estimate of drug-likeness (QED) is 0.293. The molecule has 3 aromatic heterocycles. The number of carbonyl (C=O) groups excluding carboxylic acids is 1. The lowest BCUT2D eigenvalue weighted by Crippen LogP contribution is -2.20. The lowest BCUT2D eigenvalue weighted by Gasteiger charge is -2.10. The SMILES string of the molecule is COc1ccc2nccc(Oc3ccc(CC(=O)c4c[nH]c(C)c(-c5ccc(F)cc5)c4=O)cc3)c2n1. The maximum Gasteiger partial charge on any atom is 0.213 e. The van der Waals surface area contributed by atoms with Gasteiger partial charge in [0.15, 0.2) is 17.0 Å². The van der Waals surface area contributed by atoms with Crippen molar-refractivity contribution < 1.29 is 18.7 Å². The first-order valence-electron chi connectivity index (χ1n) is 11.5. The van der Waals surface area contributed by atoms with E-state index in [0.717, 1.165) is 5.56 Å². The Hall–Kier alpha value is -4.85. The van der Waals surface area contributed by atoms with Gasteiger partial charge < -0.3 is 14.5 Å². The standard InChI is InChI=1S/C29H22FN3O4/c1-17-27(19-5-7-20(30)8-6-19)29(35)22(16-32-17)24(34)15-18-3-9-21(10-4-18)37-25-13-14-31-23-11-12-26(36-2)33-28(23)25/h3-14,16H,15H2,1-2H3,(H,32,35). The summed E-state index contributed by atoms with van der Waals surface area (Å²) in [5.74, 6) is 0.806. The molecule has 1 N–H and O–H groups in total. The van der Waals surface area contributed by atoms with Gasteiger partial charge in [-0.2, -0.15) is 0 Å². The third-order valence-electron chi connectivity index (χ3n) is 5.96. The van der Waals surface area contributed by atoms with Crippen LogP contribution in [0.2, 0.25) is 0 Å². The predicted octanol–water partition coefficient (Wildman–Crippen LogP) is 5.66. The van der Waals surface area contributed by atoms with Crippen molar-refractivity contribution >= 4 is 16.8 Å².